The summed E-state index contributed by atoms with van der Waals surface area (Å²) in [6, 6.07) is 3.28. The number of carbonyl (C=O) groups is 1. The first-order valence-corrected chi connectivity index (χ1v) is 4.58. The van der Waals surface area contributed by atoms with Crippen LogP contribution >= 0.6 is 0 Å². The maximum atomic E-state index is 11.0. The summed E-state index contributed by atoms with van der Waals surface area (Å²) < 4.78 is 5.28. The number of nitrogens with zero attached hydrogens (tertiary/aromatic N) is 4. The van der Waals surface area contributed by atoms with E-state index in [4.69, 9.17) is 4.74 Å². The van der Waals surface area contributed by atoms with Crippen LogP contribution in [0.1, 0.15) is 23.1 Å². The molecule has 7 nitrogen and oxygen atoms in total. The van der Waals surface area contributed by atoms with Crippen molar-refractivity contribution >= 4 is 5.78 Å². The lowest BCUT2D eigenvalue weighted by Gasteiger charge is -2.02. The van der Waals surface area contributed by atoms with Gasteiger partial charge in [0.2, 0.25) is 11.7 Å². The third-order valence-electron chi connectivity index (χ3n) is 1.88. The molecule has 2 heterocycles. The van der Waals surface area contributed by atoms with Gasteiger partial charge in [-0.25, -0.2) is 4.98 Å². The van der Waals surface area contributed by atoms with E-state index in [2.05, 4.69) is 25.6 Å². The molecule has 0 saturated heterocycles. The van der Waals surface area contributed by atoms with Gasteiger partial charge in [-0.05, 0) is 13.0 Å². The first-order valence-electron chi connectivity index (χ1n) is 4.58. The molecule has 0 aliphatic heterocycles. The van der Waals surface area contributed by atoms with Crippen molar-refractivity contribution < 1.29 is 9.53 Å². The van der Waals surface area contributed by atoms with Crippen LogP contribution in [0.15, 0.2) is 18.3 Å². The van der Waals surface area contributed by atoms with Crippen LogP contribution < -0.4 is 4.74 Å². The van der Waals surface area contributed by atoms with Gasteiger partial charge in [0.25, 0.3) is 0 Å². The van der Waals surface area contributed by atoms with E-state index in [1.54, 1.807) is 12.1 Å². The molecule has 0 atom stereocenters. The SMILES string of the molecule is CC(=O)c1ccc(OCc2nn[nH]n2)nc1. The van der Waals surface area contributed by atoms with Crippen LogP contribution in [0.5, 0.6) is 5.88 Å². The summed E-state index contributed by atoms with van der Waals surface area (Å²) in [6.45, 7) is 1.67. The Kier molecular flexibility index (Phi) is 2.86. The standard InChI is InChI=1S/C9H9N5O2/c1-6(15)7-2-3-9(10-4-7)16-5-8-11-13-14-12-8/h2-4H,5H2,1H3,(H,11,12,13,14). The highest BCUT2D eigenvalue weighted by molar-refractivity contribution is 5.93. The van der Waals surface area contributed by atoms with Crippen molar-refractivity contribution in [3.8, 4) is 5.88 Å². The second-order valence-corrected chi connectivity index (χ2v) is 3.06. The van der Waals surface area contributed by atoms with Gasteiger partial charge < -0.3 is 4.74 Å². The molecule has 0 unspecified atom stereocenters. The van der Waals surface area contributed by atoms with Crippen LogP contribution in [0.3, 0.4) is 0 Å². The van der Waals surface area contributed by atoms with Crippen molar-refractivity contribution in [2.75, 3.05) is 0 Å². The fraction of sp³-hybridized carbons (Fsp3) is 0.222. The molecule has 1 N–H and O–H groups in total. The number of aromatic amines is 1. The lowest BCUT2D eigenvalue weighted by atomic mass is 10.2. The number of nitrogens with one attached hydrogen (secondary N) is 1. The molecule has 16 heavy (non-hydrogen) atoms. The summed E-state index contributed by atoms with van der Waals surface area (Å²) in [5.74, 6) is 0.824. The molecule has 2 aromatic heterocycles. The number of pyridine rings is 1. The quantitative estimate of drug-likeness (QED) is 0.747. The molecule has 0 spiro atoms. The zero-order chi connectivity index (χ0) is 11.4. The van der Waals surface area contributed by atoms with E-state index in [0.717, 1.165) is 0 Å². The minimum atomic E-state index is -0.0304. The first kappa shape index (κ1) is 10.2. The van der Waals surface area contributed by atoms with Crippen LogP contribution in [0.2, 0.25) is 0 Å². The number of ether oxygens (including phenoxy) is 1. The molecule has 2 aromatic rings. The van der Waals surface area contributed by atoms with Crippen molar-refractivity contribution in [3.05, 3.63) is 29.7 Å². The Morgan fingerprint density at radius 1 is 1.50 bits per heavy atom. The van der Waals surface area contributed by atoms with Crippen LogP contribution in [0.25, 0.3) is 0 Å². The summed E-state index contributed by atoms with van der Waals surface area (Å²) in [4.78, 5) is 15.0. The topological polar surface area (TPSA) is 93.7 Å². The second-order valence-electron chi connectivity index (χ2n) is 3.06. The largest absolute Gasteiger partial charge is 0.469 e. The molecule has 0 aliphatic carbocycles. The zero-order valence-electron chi connectivity index (χ0n) is 8.54. The van der Waals surface area contributed by atoms with E-state index >= 15 is 0 Å². The third kappa shape index (κ3) is 2.38. The Labute approximate surface area is 90.9 Å². The molecule has 0 radical (unpaired) electrons. The van der Waals surface area contributed by atoms with E-state index in [0.29, 0.717) is 17.3 Å². The highest BCUT2D eigenvalue weighted by Crippen LogP contribution is 2.09. The number of hydrogen-bond donors (Lipinski definition) is 1. The highest BCUT2D eigenvalue weighted by Gasteiger charge is 2.03. The van der Waals surface area contributed by atoms with Crippen LogP contribution in [0, 0.1) is 0 Å². The molecule has 0 bridgehead atoms. The van der Waals surface area contributed by atoms with E-state index in [1.807, 2.05) is 0 Å². The Morgan fingerprint density at radius 3 is 2.94 bits per heavy atom. The number of ketones is 1. The molecule has 0 aliphatic rings. The highest BCUT2D eigenvalue weighted by atomic mass is 16.5. The minimum Gasteiger partial charge on any atom is -0.469 e. The van der Waals surface area contributed by atoms with Gasteiger partial charge in [0.15, 0.2) is 12.4 Å². The lowest BCUT2D eigenvalue weighted by molar-refractivity contribution is 0.101. The average molecular weight is 219 g/mol. The van der Waals surface area contributed by atoms with Crippen molar-refractivity contribution in [2.45, 2.75) is 13.5 Å². The summed E-state index contributed by atoms with van der Waals surface area (Å²) in [6.07, 6.45) is 1.47. The van der Waals surface area contributed by atoms with Crippen molar-refractivity contribution in [1.29, 1.82) is 0 Å². The summed E-state index contributed by atoms with van der Waals surface area (Å²) >= 11 is 0. The second kappa shape index (κ2) is 4.47. The fourth-order valence-electron chi connectivity index (χ4n) is 1.06. The number of tetrazole rings is 1. The maximum Gasteiger partial charge on any atom is 0.213 e. The van der Waals surface area contributed by atoms with Gasteiger partial charge in [-0.15, -0.1) is 10.2 Å². The molecule has 7 heteroatoms. The van der Waals surface area contributed by atoms with E-state index in [-0.39, 0.29) is 12.4 Å². The van der Waals surface area contributed by atoms with E-state index in [9.17, 15) is 4.79 Å². The number of rotatable bonds is 4. The predicted octanol–water partition coefficient (Wildman–Crippen LogP) is 0.376. The van der Waals surface area contributed by atoms with Gasteiger partial charge in [0.1, 0.15) is 0 Å². The van der Waals surface area contributed by atoms with Gasteiger partial charge in [-0.2, -0.15) is 5.21 Å². The van der Waals surface area contributed by atoms with Crippen molar-refractivity contribution in [1.82, 2.24) is 25.6 Å². The van der Waals surface area contributed by atoms with E-state index in [1.165, 1.54) is 13.1 Å². The normalized spacial score (nSPS) is 10.1. The van der Waals surface area contributed by atoms with Crippen molar-refractivity contribution in [3.63, 3.8) is 0 Å². The third-order valence-corrected chi connectivity index (χ3v) is 1.88. The van der Waals surface area contributed by atoms with Crippen LogP contribution in [-0.4, -0.2) is 31.4 Å². The Balaban J connectivity index is 1.98. The molecule has 0 aromatic carbocycles. The molecular weight excluding hydrogens is 210 g/mol. The van der Waals surface area contributed by atoms with Gasteiger partial charge in [-0.1, -0.05) is 5.21 Å². The van der Waals surface area contributed by atoms with E-state index < -0.39 is 0 Å². The summed E-state index contributed by atoms with van der Waals surface area (Å²) in [5.41, 5.74) is 0.548. The van der Waals surface area contributed by atoms with Gasteiger partial charge in [0, 0.05) is 17.8 Å². The zero-order valence-corrected chi connectivity index (χ0v) is 8.54. The number of hydrogen-bond acceptors (Lipinski definition) is 6. The number of carbonyl (C=O) groups excluding carboxylic acids is 1. The van der Waals surface area contributed by atoms with Crippen LogP contribution in [0.4, 0.5) is 0 Å². The average Bonchev–Trinajstić information content (AvgIpc) is 2.80. The summed E-state index contributed by atoms with van der Waals surface area (Å²) in [5, 5.41) is 13.2. The molecule has 82 valence electrons. The monoisotopic (exact) mass is 219 g/mol. The maximum absolute atomic E-state index is 11.0. The Hall–Kier alpha value is -2.31. The smallest absolute Gasteiger partial charge is 0.213 e. The number of aromatic nitrogens is 5. The molecule has 0 amide bonds. The predicted molar refractivity (Wildman–Crippen MR) is 52.8 cm³/mol. The van der Waals surface area contributed by atoms with Gasteiger partial charge in [-0.3, -0.25) is 4.79 Å². The van der Waals surface area contributed by atoms with Crippen molar-refractivity contribution in [2.24, 2.45) is 0 Å². The fourth-order valence-corrected chi connectivity index (χ4v) is 1.06. The minimum absolute atomic E-state index is 0.0304. The van der Waals surface area contributed by atoms with Crippen LogP contribution in [-0.2, 0) is 6.61 Å². The number of H-pyrrole nitrogens is 1. The summed E-state index contributed by atoms with van der Waals surface area (Å²) in [7, 11) is 0. The Morgan fingerprint density at radius 2 is 2.38 bits per heavy atom. The Bertz CT molecular complexity index is 465. The molecular formula is C9H9N5O2. The molecule has 2 rings (SSSR count). The molecule has 0 fully saturated rings. The first-order chi connectivity index (χ1) is 7.75. The lowest BCUT2D eigenvalue weighted by Crippen LogP contribution is -2.00. The number of Topliss-reactive ketones (excluding diaryl/α,β-unsaturated/α-hetero) is 1. The van der Waals surface area contributed by atoms with Gasteiger partial charge >= 0.3 is 0 Å². The molecule has 0 saturated carbocycles. The van der Waals surface area contributed by atoms with Gasteiger partial charge in [0.05, 0.1) is 0 Å².